The summed E-state index contributed by atoms with van der Waals surface area (Å²) < 4.78 is 14.9. The number of hydrogen-bond donors (Lipinski definition) is 0. The Morgan fingerprint density at radius 3 is 2.30 bits per heavy atom. The fourth-order valence-electron chi connectivity index (χ4n) is 2.66. The Morgan fingerprint density at radius 1 is 1.07 bits per heavy atom. The third-order valence-electron chi connectivity index (χ3n) is 4.45. The van der Waals surface area contributed by atoms with Crippen molar-refractivity contribution in [2.45, 2.75) is 32.8 Å². The first-order valence-electron chi connectivity index (χ1n) is 8.53. The number of carbonyl (C=O) groups excluding carboxylic acids is 2. The minimum atomic E-state index is -0.836. The second-order valence-corrected chi connectivity index (χ2v) is 6.68. The van der Waals surface area contributed by atoms with Gasteiger partial charge in [-0.25, -0.2) is 9.59 Å². The van der Waals surface area contributed by atoms with Gasteiger partial charge >= 0.3 is 12.1 Å². The Kier molecular flexibility index (Phi) is 6.40. The molecule has 0 aliphatic rings. The van der Waals surface area contributed by atoms with Gasteiger partial charge in [-0.05, 0) is 30.2 Å². The molecule has 27 heavy (non-hydrogen) atoms. The van der Waals surface area contributed by atoms with Crippen molar-refractivity contribution in [2.24, 2.45) is 0 Å². The first kappa shape index (κ1) is 20.2. The number of carbonyl (C=O) groups is 2. The maximum atomic E-state index is 11.5. The summed E-state index contributed by atoms with van der Waals surface area (Å²) in [6.45, 7) is 9.59. The minimum Gasteiger partial charge on any atom is -0.458 e. The smallest absolute Gasteiger partial charge is 0.458 e. The lowest BCUT2D eigenvalue weighted by Crippen LogP contribution is -2.20. The molecule has 2 aromatic carbocycles. The van der Waals surface area contributed by atoms with Crippen LogP contribution in [0.2, 0.25) is 0 Å². The maximum absolute atomic E-state index is 11.5. The normalized spacial score (nSPS) is 10.8. The quantitative estimate of drug-likeness (QED) is 0.420. The van der Waals surface area contributed by atoms with Gasteiger partial charge in [-0.3, -0.25) is 0 Å². The van der Waals surface area contributed by atoms with Crippen molar-refractivity contribution in [3.63, 3.8) is 0 Å². The Morgan fingerprint density at radius 2 is 1.70 bits per heavy atom. The molecule has 0 radical (unpaired) electrons. The topological polar surface area (TPSA) is 61.8 Å². The zero-order chi connectivity index (χ0) is 20.0. The average molecular weight is 368 g/mol. The molecule has 0 amide bonds. The standard InChI is InChI=1S/C22H24O5/c1-6-20(23)26-14-16-13-18(11-12-19(16)27-21(24)25-5)22(3,4)17-9-7-15(2)8-10-17/h6-13H,1,14H2,2-5H3. The highest BCUT2D eigenvalue weighted by Crippen LogP contribution is 2.34. The Bertz CT molecular complexity index is 834. The van der Waals surface area contributed by atoms with Gasteiger partial charge in [0.05, 0.1) is 7.11 Å². The molecule has 2 rings (SSSR count). The van der Waals surface area contributed by atoms with Gasteiger partial charge in [0, 0.05) is 17.1 Å². The number of hydrogen-bond acceptors (Lipinski definition) is 5. The van der Waals surface area contributed by atoms with Crippen LogP contribution in [-0.4, -0.2) is 19.2 Å². The van der Waals surface area contributed by atoms with Crippen LogP contribution >= 0.6 is 0 Å². The SMILES string of the molecule is C=CC(=O)OCc1cc(C(C)(C)c2ccc(C)cc2)ccc1OC(=O)OC. The zero-order valence-electron chi connectivity index (χ0n) is 16.1. The van der Waals surface area contributed by atoms with E-state index in [1.807, 2.05) is 19.1 Å². The van der Waals surface area contributed by atoms with E-state index in [-0.39, 0.29) is 17.8 Å². The lowest BCUT2D eigenvalue weighted by Gasteiger charge is -2.27. The molecule has 0 aromatic heterocycles. The summed E-state index contributed by atoms with van der Waals surface area (Å²) in [6, 6.07) is 13.7. The Labute approximate surface area is 159 Å². The van der Waals surface area contributed by atoms with Crippen molar-refractivity contribution < 1.29 is 23.8 Å². The summed E-state index contributed by atoms with van der Waals surface area (Å²) >= 11 is 0. The first-order chi connectivity index (χ1) is 12.8. The molecule has 0 aliphatic heterocycles. The van der Waals surface area contributed by atoms with Crippen LogP contribution in [0.1, 0.15) is 36.1 Å². The number of aryl methyl sites for hydroxylation is 1. The van der Waals surface area contributed by atoms with Crippen LogP contribution in [0.3, 0.4) is 0 Å². The zero-order valence-corrected chi connectivity index (χ0v) is 16.1. The summed E-state index contributed by atoms with van der Waals surface area (Å²) in [5.74, 6) is -0.274. The maximum Gasteiger partial charge on any atom is 0.513 e. The van der Waals surface area contributed by atoms with Gasteiger partial charge in [0.15, 0.2) is 0 Å². The predicted octanol–water partition coefficient (Wildman–Crippen LogP) is 4.70. The molecule has 0 saturated heterocycles. The van der Waals surface area contributed by atoms with E-state index in [9.17, 15) is 9.59 Å². The lowest BCUT2D eigenvalue weighted by molar-refractivity contribution is -0.138. The molecule has 0 saturated carbocycles. The number of benzene rings is 2. The molecule has 5 heteroatoms. The van der Waals surface area contributed by atoms with Crippen molar-refractivity contribution in [3.8, 4) is 5.75 Å². The highest BCUT2D eigenvalue weighted by molar-refractivity contribution is 5.81. The summed E-state index contributed by atoms with van der Waals surface area (Å²) in [4.78, 5) is 22.9. The molecule has 0 N–H and O–H groups in total. The van der Waals surface area contributed by atoms with Crippen LogP contribution < -0.4 is 4.74 Å². The van der Waals surface area contributed by atoms with Crippen molar-refractivity contribution in [3.05, 3.63) is 77.4 Å². The molecule has 142 valence electrons. The van der Waals surface area contributed by atoms with E-state index in [4.69, 9.17) is 9.47 Å². The molecular formula is C22H24O5. The monoisotopic (exact) mass is 368 g/mol. The third kappa shape index (κ3) is 4.97. The Hall–Kier alpha value is -3.08. The summed E-state index contributed by atoms with van der Waals surface area (Å²) in [6.07, 6.45) is 0.248. The predicted molar refractivity (Wildman–Crippen MR) is 103 cm³/mol. The lowest BCUT2D eigenvalue weighted by atomic mass is 9.77. The highest BCUT2D eigenvalue weighted by Gasteiger charge is 2.25. The molecule has 2 aromatic rings. The van der Waals surface area contributed by atoms with E-state index >= 15 is 0 Å². The van der Waals surface area contributed by atoms with Crippen LogP contribution in [-0.2, 0) is 26.3 Å². The van der Waals surface area contributed by atoms with Gasteiger partial charge < -0.3 is 14.2 Å². The number of ether oxygens (including phenoxy) is 3. The van der Waals surface area contributed by atoms with Gasteiger partial charge in [-0.1, -0.05) is 56.3 Å². The molecule has 0 heterocycles. The van der Waals surface area contributed by atoms with Gasteiger partial charge in [-0.15, -0.1) is 0 Å². The average Bonchev–Trinajstić information content (AvgIpc) is 2.66. The summed E-state index contributed by atoms with van der Waals surface area (Å²) in [5.41, 5.74) is 3.59. The van der Waals surface area contributed by atoms with E-state index in [1.165, 1.54) is 12.7 Å². The summed E-state index contributed by atoms with van der Waals surface area (Å²) in [7, 11) is 1.23. The summed E-state index contributed by atoms with van der Waals surface area (Å²) in [5, 5.41) is 0. The molecule has 5 nitrogen and oxygen atoms in total. The first-order valence-corrected chi connectivity index (χ1v) is 8.53. The molecule has 0 spiro atoms. The van der Waals surface area contributed by atoms with Gasteiger partial charge in [0.1, 0.15) is 12.4 Å². The van der Waals surface area contributed by atoms with E-state index in [2.05, 4.69) is 49.4 Å². The van der Waals surface area contributed by atoms with Crippen LogP contribution in [0.5, 0.6) is 5.75 Å². The molecule has 0 bridgehead atoms. The van der Waals surface area contributed by atoms with Crippen LogP contribution in [0.25, 0.3) is 0 Å². The molecular weight excluding hydrogens is 344 g/mol. The van der Waals surface area contributed by atoms with Gasteiger partial charge in [-0.2, -0.15) is 0 Å². The second-order valence-electron chi connectivity index (χ2n) is 6.68. The van der Waals surface area contributed by atoms with Gasteiger partial charge in [0.25, 0.3) is 0 Å². The molecule has 0 atom stereocenters. The van der Waals surface area contributed by atoms with E-state index in [0.717, 1.165) is 17.2 Å². The van der Waals surface area contributed by atoms with Gasteiger partial charge in [0.2, 0.25) is 0 Å². The number of rotatable bonds is 6. The fourth-order valence-corrected chi connectivity index (χ4v) is 2.66. The largest absolute Gasteiger partial charge is 0.513 e. The van der Waals surface area contributed by atoms with Crippen molar-refractivity contribution in [1.82, 2.24) is 0 Å². The number of methoxy groups -OCH3 is 1. The highest BCUT2D eigenvalue weighted by atomic mass is 16.7. The minimum absolute atomic E-state index is 0.0466. The second kappa shape index (κ2) is 8.54. The van der Waals surface area contributed by atoms with Crippen molar-refractivity contribution >= 4 is 12.1 Å². The van der Waals surface area contributed by atoms with E-state index < -0.39 is 12.1 Å². The molecule has 0 aliphatic carbocycles. The van der Waals surface area contributed by atoms with Crippen LogP contribution in [0, 0.1) is 6.92 Å². The van der Waals surface area contributed by atoms with E-state index in [1.54, 1.807) is 6.07 Å². The van der Waals surface area contributed by atoms with Crippen molar-refractivity contribution in [2.75, 3.05) is 7.11 Å². The van der Waals surface area contributed by atoms with Crippen LogP contribution in [0.4, 0.5) is 4.79 Å². The Balaban J connectivity index is 2.41. The third-order valence-corrected chi connectivity index (χ3v) is 4.45. The van der Waals surface area contributed by atoms with Crippen LogP contribution in [0.15, 0.2) is 55.1 Å². The molecule has 0 fully saturated rings. The fraction of sp³-hybridized carbons (Fsp3) is 0.273. The molecule has 0 unspecified atom stereocenters. The van der Waals surface area contributed by atoms with Crippen molar-refractivity contribution in [1.29, 1.82) is 0 Å². The van der Waals surface area contributed by atoms with E-state index in [0.29, 0.717) is 5.56 Å². The number of esters is 1.